The van der Waals surface area contributed by atoms with E-state index in [0.717, 1.165) is 11.5 Å². The van der Waals surface area contributed by atoms with Crippen molar-refractivity contribution in [3.8, 4) is 11.5 Å². The van der Waals surface area contributed by atoms with Crippen molar-refractivity contribution in [3.05, 3.63) is 30.0 Å². The first-order valence-corrected chi connectivity index (χ1v) is 6.18. The van der Waals surface area contributed by atoms with Gasteiger partial charge in [0.05, 0.1) is 12.2 Å². The fourth-order valence-electron chi connectivity index (χ4n) is 1.48. The molecule has 0 bridgehead atoms. The molecular formula is C11H12N4O3S. The van der Waals surface area contributed by atoms with E-state index in [1.165, 1.54) is 18.3 Å². The predicted octanol–water partition coefficient (Wildman–Crippen LogP) is 0.458. The standard InChI is InChI=1S/C11H12N4O3S/c12-7(11(18)14-10-5-13-15-19-10)3-6-1-2-8(16)9(17)4-6/h1-2,4-5,7,16-17H,3,12H2,(H,14,18)/t7-/m0/s1. The normalized spacial score (nSPS) is 12.1. The van der Waals surface area contributed by atoms with Gasteiger partial charge in [-0.2, -0.15) is 0 Å². The Morgan fingerprint density at radius 2 is 2.21 bits per heavy atom. The highest BCUT2D eigenvalue weighted by atomic mass is 32.1. The molecule has 1 heterocycles. The van der Waals surface area contributed by atoms with Gasteiger partial charge in [0.25, 0.3) is 0 Å². The number of nitrogens with two attached hydrogens (primary N) is 1. The summed E-state index contributed by atoms with van der Waals surface area (Å²) in [6.45, 7) is 0. The third-order valence-corrected chi connectivity index (χ3v) is 3.02. The van der Waals surface area contributed by atoms with E-state index in [9.17, 15) is 15.0 Å². The molecule has 1 aromatic heterocycles. The van der Waals surface area contributed by atoms with Crippen LogP contribution in [-0.2, 0) is 11.2 Å². The zero-order valence-corrected chi connectivity index (χ0v) is 10.6. The van der Waals surface area contributed by atoms with Crippen molar-refractivity contribution < 1.29 is 15.0 Å². The van der Waals surface area contributed by atoms with Gasteiger partial charge in [0.1, 0.15) is 5.00 Å². The molecule has 0 spiro atoms. The molecule has 100 valence electrons. The van der Waals surface area contributed by atoms with Gasteiger partial charge >= 0.3 is 0 Å². The number of hydrogen-bond acceptors (Lipinski definition) is 7. The molecular weight excluding hydrogens is 268 g/mol. The van der Waals surface area contributed by atoms with Crippen LogP contribution >= 0.6 is 11.5 Å². The lowest BCUT2D eigenvalue weighted by atomic mass is 10.1. The molecule has 0 fully saturated rings. The van der Waals surface area contributed by atoms with Gasteiger partial charge in [-0.3, -0.25) is 4.79 Å². The van der Waals surface area contributed by atoms with Gasteiger partial charge in [-0.05, 0) is 24.1 Å². The van der Waals surface area contributed by atoms with Crippen LogP contribution < -0.4 is 11.1 Å². The third-order valence-electron chi connectivity index (χ3n) is 2.44. The molecule has 0 radical (unpaired) electrons. The van der Waals surface area contributed by atoms with Crippen LogP contribution in [0.5, 0.6) is 11.5 Å². The van der Waals surface area contributed by atoms with Crippen LogP contribution in [0.15, 0.2) is 24.4 Å². The zero-order chi connectivity index (χ0) is 13.8. The second-order valence-electron chi connectivity index (χ2n) is 3.90. The summed E-state index contributed by atoms with van der Waals surface area (Å²) in [6.07, 6.45) is 1.67. The van der Waals surface area contributed by atoms with Crippen LogP contribution in [-0.4, -0.2) is 31.7 Å². The molecule has 1 aromatic carbocycles. The number of amides is 1. The molecule has 0 aliphatic rings. The van der Waals surface area contributed by atoms with Crippen molar-refractivity contribution >= 4 is 22.4 Å². The molecule has 0 aliphatic heterocycles. The Morgan fingerprint density at radius 1 is 1.42 bits per heavy atom. The van der Waals surface area contributed by atoms with Crippen molar-refractivity contribution in [2.75, 3.05) is 5.32 Å². The Kier molecular flexibility index (Phi) is 3.93. The number of carbonyl (C=O) groups is 1. The van der Waals surface area contributed by atoms with E-state index in [1.54, 1.807) is 6.07 Å². The molecule has 1 amide bonds. The largest absolute Gasteiger partial charge is 0.504 e. The van der Waals surface area contributed by atoms with Gasteiger partial charge < -0.3 is 21.3 Å². The van der Waals surface area contributed by atoms with E-state index in [-0.39, 0.29) is 23.8 Å². The first-order valence-electron chi connectivity index (χ1n) is 5.41. The van der Waals surface area contributed by atoms with E-state index < -0.39 is 6.04 Å². The second kappa shape index (κ2) is 5.63. The molecule has 7 nitrogen and oxygen atoms in total. The number of aromatic hydroxyl groups is 2. The highest BCUT2D eigenvalue weighted by molar-refractivity contribution is 7.10. The summed E-state index contributed by atoms with van der Waals surface area (Å²) in [5, 5.41) is 25.2. The average Bonchev–Trinajstić information content (AvgIpc) is 2.86. The smallest absolute Gasteiger partial charge is 0.242 e. The quantitative estimate of drug-likeness (QED) is 0.604. The summed E-state index contributed by atoms with van der Waals surface area (Å²) in [7, 11) is 0. The SMILES string of the molecule is N[C@@H](Cc1ccc(O)c(O)c1)C(=O)Nc1cnns1. The first kappa shape index (κ1) is 13.2. The fraction of sp³-hybridized carbons (Fsp3) is 0.182. The van der Waals surface area contributed by atoms with Gasteiger partial charge in [0.15, 0.2) is 11.5 Å². The Hall–Kier alpha value is -2.19. The molecule has 0 aliphatic carbocycles. The molecule has 5 N–H and O–H groups in total. The minimum absolute atomic E-state index is 0.211. The lowest BCUT2D eigenvalue weighted by molar-refractivity contribution is -0.117. The highest BCUT2D eigenvalue weighted by Gasteiger charge is 2.15. The summed E-state index contributed by atoms with van der Waals surface area (Å²) in [4.78, 5) is 11.8. The van der Waals surface area contributed by atoms with Gasteiger partial charge in [0, 0.05) is 11.5 Å². The van der Waals surface area contributed by atoms with Crippen LogP contribution in [0, 0.1) is 0 Å². The first-order chi connectivity index (χ1) is 9.06. The van der Waals surface area contributed by atoms with E-state index >= 15 is 0 Å². The average molecular weight is 280 g/mol. The van der Waals surface area contributed by atoms with Crippen LogP contribution in [0.1, 0.15) is 5.56 Å². The lowest BCUT2D eigenvalue weighted by Gasteiger charge is -2.11. The molecule has 0 unspecified atom stereocenters. The number of hydrogen-bond donors (Lipinski definition) is 4. The Labute approximate surface area is 112 Å². The molecule has 2 aromatic rings. The fourth-order valence-corrected chi connectivity index (χ4v) is 1.90. The summed E-state index contributed by atoms with van der Waals surface area (Å²) in [6, 6.07) is 3.54. The number of aromatic nitrogens is 2. The number of rotatable bonds is 4. The van der Waals surface area contributed by atoms with Gasteiger partial charge in [0.2, 0.25) is 5.91 Å². The monoisotopic (exact) mass is 280 g/mol. The molecule has 19 heavy (non-hydrogen) atoms. The zero-order valence-electron chi connectivity index (χ0n) is 9.78. The van der Waals surface area contributed by atoms with Crippen molar-refractivity contribution in [3.63, 3.8) is 0 Å². The summed E-state index contributed by atoms with van der Waals surface area (Å²) in [5.41, 5.74) is 6.41. The van der Waals surface area contributed by atoms with E-state index in [1.807, 2.05) is 0 Å². The highest BCUT2D eigenvalue weighted by Crippen LogP contribution is 2.25. The summed E-state index contributed by atoms with van der Waals surface area (Å²) in [5.74, 6) is -0.812. The lowest BCUT2D eigenvalue weighted by Crippen LogP contribution is -2.37. The number of phenolic OH excluding ortho intramolecular Hbond substituents is 2. The molecule has 0 saturated carbocycles. The number of carbonyl (C=O) groups excluding carboxylic acids is 1. The van der Waals surface area contributed by atoms with E-state index in [2.05, 4.69) is 14.9 Å². The van der Waals surface area contributed by atoms with Crippen molar-refractivity contribution in [1.82, 2.24) is 9.59 Å². The number of phenols is 2. The Balaban J connectivity index is 1.98. The third kappa shape index (κ3) is 3.39. The van der Waals surface area contributed by atoms with Crippen molar-refractivity contribution in [1.29, 1.82) is 0 Å². The molecule has 1 atom stereocenters. The Bertz CT molecular complexity index is 573. The van der Waals surface area contributed by atoms with Crippen LogP contribution in [0.3, 0.4) is 0 Å². The van der Waals surface area contributed by atoms with Crippen LogP contribution in [0.2, 0.25) is 0 Å². The minimum atomic E-state index is -0.772. The summed E-state index contributed by atoms with van der Waals surface area (Å²) < 4.78 is 3.62. The van der Waals surface area contributed by atoms with Gasteiger partial charge in [-0.1, -0.05) is 10.6 Å². The number of anilines is 1. The van der Waals surface area contributed by atoms with E-state index in [4.69, 9.17) is 5.73 Å². The molecule has 2 rings (SSSR count). The Morgan fingerprint density at radius 3 is 2.84 bits per heavy atom. The molecule has 8 heteroatoms. The maximum Gasteiger partial charge on any atom is 0.242 e. The van der Waals surface area contributed by atoms with Crippen LogP contribution in [0.25, 0.3) is 0 Å². The maximum absolute atomic E-state index is 11.8. The predicted molar refractivity (Wildman–Crippen MR) is 70.0 cm³/mol. The van der Waals surface area contributed by atoms with Crippen LogP contribution in [0.4, 0.5) is 5.00 Å². The second-order valence-corrected chi connectivity index (χ2v) is 4.69. The maximum atomic E-state index is 11.8. The topological polar surface area (TPSA) is 121 Å². The van der Waals surface area contributed by atoms with Gasteiger partial charge in [-0.25, -0.2) is 0 Å². The van der Waals surface area contributed by atoms with Gasteiger partial charge in [-0.15, -0.1) is 5.10 Å². The van der Waals surface area contributed by atoms with Crippen molar-refractivity contribution in [2.45, 2.75) is 12.5 Å². The number of benzene rings is 1. The number of nitrogens with zero attached hydrogens (tertiary/aromatic N) is 2. The molecule has 0 saturated heterocycles. The minimum Gasteiger partial charge on any atom is -0.504 e. The summed E-state index contributed by atoms with van der Waals surface area (Å²) >= 11 is 1.06. The van der Waals surface area contributed by atoms with E-state index in [0.29, 0.717) is 10.6 Å². The number of nitrogens with one attached hydrogen (secondary N) is 1. The van der Waals surface area contributed by atoms with Crippen molar-refractivity contribution in [2.24, 2.45) is 5.73 Å².